The summed E-state index contributed by atoms with van der Waals surface area (Å²) in [6, 6.07) is 9.37. The molecule has 1 aromatic carbocycles. The number of nitrogens with zero attached hydrogens (tertiary/aromatic N) is 3. The van der Waals surface area contributed by atoms with E-state index in [1.165, 1.54) is 0 Å². The van der Waals surface area contributed by atoms with Gasteiger partial charge in [0.1, 0.15) is 5.65 Å². The number of aromatic amines is 1. The molecule has 0 bridgehead atoms. The van der Waals surface area contributed by atoms with E-state index < -0.39 is 0 Å². The second-order valence-corrected chi connectivity index (χ2v) is 6.40. The van der Waals surface area contributed by atoms with Crippen molar-refractivity contribution in [1.29, 1.82) is 0 Å². The summed E-state index contributed by atoms with van der Waals surface area (Å²) in [4.78, 5) is 16.1. The molecule has 2 N–H and O–H groups in total. The third-order valence-corrected chi connectivity index (χ3v) is 4.34. The summed E-state index contributed by atoms with van der Waals surface area (Å²) >= 11 is 12.2. The molecule has 0 aliphatic rings. The van der Waals surface area contributed by atoms with Gasteiger partial charge >= 0.3 is 0 Å². The van der Waals surface area contributed by atoms with Crippen LogP contribution in [-0.2, 0) is 6.42 Å². The van der Waals surface area contributed by atoms with Gasteiger partial charge in [0.25, 0.3) is 0 Å². The Labute approximate surface area is 154 Å². The van der Waals surface area contributed by atoms with E-state index in [4.69, 9.17) is 23.2 Å². The number of pyridine rings is 1. The molecule has 0 amide bonds. The highest BCUT2D eigenvalue weighted by atomic mass is 35.5. The first-order valence-electron chi connectivity index (χ1n) is 7.63. The Kier molecular flexibility index (Phi) is 4.26. The third-order valence-electron chi connectivity index (χ3n) is 3.80. The van der Waals surface area contributed by atoms with Gasteiger partial charge in [-0.1, -0.05) is 35.3 Å². The largest absolute Gasteiger partial charge is 0.346 e. The van der Waals surface area contributed by atoms with Crippen molar-refractivity contribution in [2.45, 2.75) is 6.42 Å². The lowest BCUT2D eigenvalue weighted by Crippen LogP contribution is -1.99. The fraction of sp³-hybridized carbons (Fsp3) is 0.0556. The van der Waals surface area contributed by atoms with Crippen molar-refractivity contribution in [2.75, 3.05) is 5.32 Å². The normalized spacial score (nSPS) is 11.0. The number of benzene rings is 1. The zero-order valence-corrected chi connectivity index (χ0v) is 14.5. The maximum absolute atomic E-state index is 6.13. The van der Waals surface area contributed by atoms with Crippen LogP contribution in [0.5, 0.6) is 0 Å². The topological polar surface area (TPSA) is 66.5 Å². The van der Waals surface area contributed by atoms with Crippen LogP contribution in [0.1, 0.15) is 11.1 Å². The van der Waals surface area contributed by atoms with Crippen LogP contribution in [-0.4, -0.2) is 19.9 Å². The molecule has 3 heterocycles. The Morgan fingerprint density at radius 3 is 2.60 bits per heavy atom. The van der Waals surface area contributed by atoms with E-state index in [2.05, 4.69) is 25.3 Å². The van der Waals surface area contributed by atoms with Gasteiger partial charge in [-0.3, -0.25) is 0 Å². The average Bonchev–Trinajstić information content (AvgIpc) is 3.01. The molecule has 0 spiro atoms. The maximum Gasteiger partial charge on any atom is 0.227 e. The van der Waals surface area contributed by atoms with Gasteiger partial charge in [0, 0.05) is 36.6 Å². The van der Waals surface area contributed by atoms with E-state index in [1.807, 2.05) is 36.5 Å². The molecule has 0 radical (unpaired) electrons. The number of rotatable bonds is 4. The van der Waals surface area contributed by atoms with Crippen LogP contribution in [0.15, 0.2) is 55.1 Å². The molecule has 25 heavy (non-hydrogen) atoms. The number of nitrogens with one attached hydrogen (secondary N) is 2. The van der Waals surface area contributed by atoms with Crippen LogP contribution < -0.4 is 5.32 Å². The first-order valence-corrected chi connectivity index (χ1v) is 8.38. The predicted molar refractivity (Wildman–Crippen MR) is 101 cm³/mol. The van der Waals surface area contributed by atoms with Crippen molar-refractivity contribution in [1.82, 2.24) is 19.9 Å². The third kappa shape index (κ3) is 3.43. The van der Waals surface area contributed by atoms with Crippen molar-refractivity contribution in [3.63, 3.8) is 0 Å². The van der Waals surface area contributed by atoms with Crippen molar-refractivity contribution in [3.8, 4) is 0 Å². The first kappa shape index (κ1) is 15.9. The fourth-order valence-electron chi connectivity index (χ4n) is 2.59. The summed E-state index contributed by atoms with van der Waals surface area (Å²) in [5.41, 5.74) is 3.68. The minimum atomic E-state index is 0.500. The van der Waals surface area contributed by atoms with Gasteiger partial charge in [0.15, 0.2) is 0 Å². The van der Waals surface area contributed by atoms with E-state index in [-0.39, 0.29) is 0 Å². The van der Waals surface area contributed by atoms with Crippen molar-refractivity contribution in [3.05, 3.63) is 76.3 Å². The quantitative estimate of drug-likeness (QED) is 0.531. The lowest BCUT2D eigenvalue weighted by Gasteiger charge is -2.07. The molecule has 0 atom stereocenters. The van der Waals surface area contributed by atoms with Gasteiger partial charge in [-0.2, -0.15) is 0 Å². The molecule has 0 saturated carbocycles. The molecule has 7 heteroatoms. The summed E-state index contributed by atoms with van der Waals surface area (Å²) < 4.78 is 0. The summed E-state index contributed by atoms with van der Waals surface area (Å²) in [5.74, 6) is 0.500. The molecule has 0 unspecified atom stereocenters. The van der Waals surface area contributed by atoms with Crippen molar-refractivity contribution < 1.29 is 0 Å². The zero-order chi connectivity index (χ0) is 17.2. The van der Waals surface area contributed by atoms with Crippen LogP contribution in [0.4, 0.5) is 11.6 Å². The molecular formula is C18H13Cl2N5. The Hall–Kier alpha value is -2.63. The summed E-state index contributed by atoms with van der Waals surface area (Å²) in [6.07, 6.45) is 7.84. The number of hydrogen-bond acceptors (Lipinski definition) is 4. The Morgan fingerprint density at radius 2 is 1.80 bits per heavy atom. The Morgan fingerprint density at radius 1 is 1.00 bits per heavy atom. The molecule has 0 aliphatic heterocycles. The van der Waals surface area contributed by atoms with Gasteiger partial charge in [-0.25, -0.2) is 15.0 Å². The highest BCUT2D eigenvalue weighted by Crippen LogP contribution is 2.24. The highest BCUT2D eigenvalue weighted by molar-refractivity contribution is 6.33. The first-order chi connectivity index (χ1) is 12.2. The standard InChI is InChI=1S/C18H13Cl2N5/c19-13-6-14-12(9-21-17(14)22-10-13)5-11-7-23-18(24-8-11)25-16-4-2-1-3-15(16)20/h1-4,6-10H,5H2,(H,21,22)(H,23,24,25). The highest BCUT2D eigenvalue weighted by Gasteiger charge is 2.08. The van der Waals surface area contributed by atoms with E-state index in [9.17, 15) is 0 Å². The molecule has 4 aromatic rings. The minimum absolute atomic E-state index is 0.500. The summed E-state index contributed by atoms with van der Waals surface area (Å²) in [5, 5.41) is 5.35. The molecule has 3 aromatic heterocycles. The molecule has 0 aliphatic carbocycles. The zero-order valence-electron chi connectivity index (χ0n) is 13.0. The number of aromatic nitrogens is 4. The van der Waals surface area contributed by atoms with Gasteiger partial charge < -0.3 is 10.3 Å². The van der Waals surface area contributed by atoms with Gasteiger partial charge in [-0.05, 0) is 29.3 Å². The number of halogens is 2. The number of anilines is 2. The lowest BCUT2D eigenvalue weighted by molar-refractivity contribution is 1.08. The second-order valence-electron chi connectivity index (χ2n) is 5.56. The molecule has 0 fully saturated rings. The number of hydrogen-bond donors (Lipinski definition) is 2. The van der Waals surface area contributed by atoms with E-state index in [0.717, 1.165) is 27.8 Å². The molecule has 124 valence electrons. The number of fused-ring (bicyclic) bond motifs is 1. The van der Waals surface area contributed by atoms with Crippen molar-refractivity contribution >= 4 is 45.9 Å². The molecule has 5 nitrogen and oxygen atoms in total. The van der Waals surface area contributed by atoms with Crippen LogP contribution in [0, 0.1) is 0 Å². The van der Waals surface area contributed by atoms with Crippen LogP contribution in [0.25, 0.3) is 11.0 Å². The molecule has 0 saturated heterocycles. The van der Waals surface area contributed by atoms with Crippen LogP contribution >= 0.6 is 23.2 Å². The van der Waals surface area contributed by atoms with Crippen molar-refractivity contribution in [2.24, 2.45) is 0 Å². The SMILES string of the molecule is Clc1cnc2[nH]cc(Cc3cnc(Nc4ccccc4Cl)nc3)c2c1. The number of H-pyrrole nitrogens is 1. The predicted octanol–water partition coefficient (Wildman–Crippen LogP) is 4.99. The monoisotopic (exact) mass is 369 g/mol. The van der Waals surface area contributed by atoms with Crippen LogP contribution in [0.2, 0.25) is 10.0 Å². The molecule has 4 rings (SSSR count). The van der Waals surface area contributed by atoms with E-state index in [0.29, 0.717) is 22.4 Å². The Balaban J connectivity index is 1.54. The van der Waals surface area contributed by atoms with Gasteiger partial charge in [0.05, 0.1) is 15.7 Å². The van der Waals surface area contributed by atoms with Crippen LogP contribution in [0.3, 0.4) is 0 Å². The summed E-state index contributed by atoms with van der Waals surface area (Å²) in [7, 11) is 0. The molecular weight excluding hydrogens is 357 g/mol. The Bertz CT molecular complexity index is 1030. The van der Waals surface area contributed by atoms with Gasteiger partial charge in [0.2, 0.25) is 5.95 Å². The fourth-order valence-corrected chi connectivity index (χ4v) is 2.93. The minimum Gasteiger partial charge on any atom is -0.346 e. The van der Waals surface area contributed by atoms with E-state index in [1.54, 1.807) is 18.6 Å². The lowest BCUT2D eigenvalue weighted by atomic mass is 10.1. The number of para-hydroxylation sites is 1. The van der Waals surface area contributed by atoms with E-state index >= 15 is 0 Å². The smallest absolute Gasteiger partial charge is 0.227 e. The average molecular weight is 370 g/mol. The summed E-state index contributed by atoms with van der Waals surface area (Å²) in [6.45, 7) is 0. The second kappa shape index (κ2) is 6.70. The maximum atomic E-state index is 6.13. The van der Waals surface area contributed by atoms with Gasteiger partial charge in [-0.15, -0.1) is 0 Å².